The molecule has 1 N–H and O–H groups in total. The van der Waals surface area contributed by atoms with Crippen LogP contribution in [0.1, 0.15) is 57.2 Å². The van der Waals surface area contributed by atoms with E-state index in [1.807, 2.05) is 21.5 Å². The molecule has 1 saturated carbocycles. The van der Waals surface area contributed by atoms with Crippen LogP contribution in [0.4, 0.5) is 13.2 Å². The number of alkyl halides is 3. The number of halogens is 3. The van der Waals surface area contributed by atoms with E-state index in [2.05, 4.69) is 40.6 Å². The Balaban J connectivity index is 1.08. The second-order valence-electron chi connectivity index (χ2n) is 15.4. The van der Waals surface area contributed by atoms with Crippen molar-refractivity contribution in [3.63, 3.8) is 0 Å². The highest BCUT2D eigenvalue weighted by Gasteiger charge is 2.48. The van der Waals surface area contributed by atoms with Gasteiger partial charge in [0.15, 0.2) is 0 Å². The Labute approximate surface area is 291 Å². The average molecular weight is 711 g/mol. The highest BCUT2D eigenvalue weighted by molar-refractivity contribution is 6.76. The fraction of sp³-hybridized carbons (Fsp3) is 0.571. The molecule has 2 aromatic heterocycles. The highest BCUT2D eigenvalue weighted by atomic mass is 28.3. The van der Waals surface area contributed by atoms with Crippen LogP contribution in [0, 0.1) is 11.3 Å². The van der Waals surface area contributed by atoms with Gasteiger partial charge in [-0.3, -0.25) is 14.1 Å². The van der Waals surface area contributed by atoms with Crippen molar-refractivity contribution in [1.82, 2.24) is 34.2 Å². The number of fused-ring (bicyclic) bond motifs is 1. The average Bonchev–Trinajstić information content (AvgIpc) is 3.71. The first-order valence-corrected chi connectivity index (χ1v) is 20.8. The van der Waals surface area contributed by atoms with Gasteiger partial charge in [0, 0.05) is 63.4 Å². The summed E-state index contributed by atoms with van der Waals surface area (Å²) < 4.78 is 56.3. The number of hydrogen-bond acceptors (Lipinski definition) is 9. The van der Waals surface area contributed by atoms with E-state index >= 15 is 0 Å². The van der Waals surface area contributed by atoms with Gasteiger partial charge in [-0.25, -0.2) is 15.0 Å². The lowest BCUT2D eigenvalue weighted by Crippen LogP contribution is -2.65. The molecule has 0 spiro atoms. The van der Waals surface area contributed by atoms with Gasteiger partial charge in [0.25, 0.3) is 0 Å². The van der Waals surface area contributed by atoms with Crippen molar-refractivity contribution in [2.45, 2.75) is 108 Å². The molecule has 0 unspecified atom stereocenters. The lowest BCUT2D eigenvalue weighted by Gasteiger charge is -2.53. The number of aromatic nitrogens is 6. The summed E-state index contributed by atoms with van der Waals surface area (Å²) in [7, 11) is -1.19. The summed E-state index contributed by atoms with van der Waals surface area (Å²) in [5.41, 5.74) is -0.416. The quantitative estimate of drug-likeness (QED) is 0.129. The molecule has 0 atom stereocenters. The van der Waals surface area contributed by atoms with E-state index in [9.17, 15) is 23.5 Å². The molecule has 268 valence electrons. The minimum Gasteiger partial charge on any atom is -0.474 e. The Morgan fingerprint density at radius 3 is 2.50 bits per heavy atom. The monoisotopic (exact) mass is 710 g/mol. The van der Waals surface area contributed by atoms with Crippen molar-refractivity contribution in [2.24, 2.45) is 0 Å². The summed E-state index contributed by atoms with van der Waals surface area (Å²) >= 11 is 0. The minimum atomic E-state index is -4.66. The number of ether oxygens (including phenoxy) is 2. The number of nitriles is 1. The van der Waals surface area contributed by atoms with Crippen LogP contribution < -0.4 is 4.74 Å². The lowest BCUT2D eigenvalue weighted by molar-refractivity contribution is -0.141. The molecular formula is C35H45F3N8O3Si. The second kappa shape index (κ2) is 13.7. The number of hydrogen-bond donors (Lipinski definition) is 1. The van der Waals surface area contributed by atoms with E-state index in [0.29, 0.717) is 45.7 Å². The topological polar surface area (TPSA) is 127 Å². The van der Waals surface area contributed by atoms with Crippen LogP contribution in [-0.2, 0) is 28.8 Å². The molecular weight excluding hydrogens is 666 g/mol. The molecule has 15 heteroatoms. The van der Waals surface area contributed by atoms with Crippen molar-refractivity contribution in [3.8, 4) is 34.6 Å². The Kier molecular flexibility index (Phi) is 9.86. The molecule has 2 fully saturated rings. The van der Waals surface area contributed by atoms with Crippen molar-refractivity contribution >= 4 is 8.07 Å². The minimum absolute atomic E-state index is 0.0973. The smallest absolute Gasteiger partial charge is 0.433 e. The molecule has 4 aliphatic rings. The zero-order valence-corrected chi connectivity index (χ0v) is 30.2. The van der Waals surface area contributed by atoms with Crippen LogP contribution in [0.2, 0.25) is 25.7 Å². The third-order valence-corrected chi connectivity index (χ3v) is 11.5. The van der Waals surface area contributed by atoms with Crippen LogP contribution in [0.5, 0.6) is 5.88 Å². The van der Waals surface area contributed by atoms with E-state index in [-0.39, 0.29) is 23.6 Å². The van der Waals surface area contributed by atoms with Crippen LogP contribution in [0.3, 0.4) is 0 Å². The van der Waals surface area contributed by atoms with Gasteiger partial charge in [0.05, 0.1) is 36.3 Å². The summed E-state index contributed by atoms with van der Waals surface area (Å²) in [4.78, 5) is 15.4. The molecule has 0 aromatic carbocycles. The molecule has 1 saturated heterocycles. The zero-order chi connectivity index (χ0) is 35.9. The second-order valence-corrected chi connectivity index (χ2v) is 21.0. The van der Waals surface area contributed by atoms with Gasteiger partial charge in [0.1, 0.15) is 29.9 Å². The predicted molar refractivity (Wildman–Crippen MR) is 183 cm³/mol. The summed E-state index contributed by atoms with van der Waals surface area (Å²) in [6.07, 6.45) is 5.54. The Bertz CT molecular complexity index is 1760. The molecule has 3 aliphatic heterocycles. The Morgan fingerprint density at radius 1 is 1.10 bits per heavy atom. The number of pyridine rings is 1. The van der Waals surface area contributed by atoms with Crippen LogP contribution in [0.25, 0.3) is 22.6 Å². The number of likely N-dealkylation sites (tertiary alicyclic amines) is 1. The van der Waals surface area contributed by atoms with Gasteiger partial charge >= 0.3 is 6.18 Å². The largest absolute Gasteiger partial charge is 0.474 e. The normalized spacial score (nSPS) is 20.1. The van der Waals surface area contributed by atoms with Crippen molar-refractivity contribution in [1.29, 1.82) is 5.26 Å². The maximum atomic E-state index is 13.5. The van der Waals surface area contributed by atoms with Gasteiger partial charge in [-0.15, -0.1) is 0 Å². The van der Waals surface area contributed by atoms with Gasteiger partial charge in [-0.05, 0) is 63.3 Å². The predicted octanol–water partition coefficient (Wildman–Crippen LogP) is 6.51. The van der Waals surface area contributed by atoms with Gasteiger partial charge < -0.3 is 14.6 Å². The van der Waals surface area contributed by atoms with E-state index < -0.39 is 31.1 Å². The first-order valence-electron chi connectivity index (χ1n) is 17.1. The number of rotatable bonds is 12. The van der Waals surface area contributed by atoms with E-state index in [1.54, 1.807) is 18.7 Å². The Hall–Kier alpha value is -3.84. The van der Waals surface area contributed by atoms with E-state index in [1.165, 1.54) is 19.9 Å². The number of aliphatic hydroxyl groups is 1. The zero-order valence-electron chi connectivity index (χ0n) is 29.2. The van der Waals surface area contributed by atoms with Crippen LogP contribution >= 0.6 is 0 Å². The lowest BCUT2D eigenvalue weighted by atomic mass is 9.82. The summed E-state index contributed by atoms with van der Waals surface area (Å²) in [5, 5.41) is 24.9. The molecule has 50 heavy (non-hydrogen) atoms. The third kappa shape index (κ3) is 7.88. The summed E-state index contributed by atoms with van der Waals surface area (Å²) in [5.74, 6) is 0.661. The molecule has 2 aromatic rings. The summed E-state index contributed by atoms with van der Waals surface area (Å²) in [6.45, 7) is 12.2. The molecule has 1 aliphatic carbocycles. The summed E-state index contributed by atoms with van der Waals surface area (Å²) in [6, 6.07) is 7.89. The first kappa shape index (κ1) is 36.0. The fourth-order valence-corrected chi connectivity index (χ4v) is 7.53. The maximum absolute atomic E-state index is 13.5. The van der Waals surface area contributed by atoms with Crippen molar-refractivity contribution in [3.05, 3.63) is 54.4 Å². The SMILES string of the molecule is CC(C)(O)c1cc(OC2CCC(N3CC(CC#N)(n4cc(-c5ncn(COCC[Si](C)(C)C)c6nccc5-6)cn4)C3)CC2)nc(C(F)(F)F)c1. The molecule has 0 radical (unpaired) electrons. The van der Waals surface area contributed by atoms with Crippen molar-refractivity contribution in [2.75, 3.05) is 19.7 Å². The fourth-order valence-electron chi connectivity index (χ4n) is 6.78. The molecule has 0 amide bonds. The number of nitrogens with zero attached hydrogens (tertiary/aromatic N) is 8. The third-order valence-electron chi connectivity index (χ3n) is 9.75. The van der Waals surface area contributed by atoms with E-state index in [0.717, 1.165) is 47.6 Å². The van der Waals surface area contributed by atoms with Gasteiger partial charge in [-0.2, -0.15) is 23.5 Å². The van der Waals surface area contributed by atoms with Crippen LogP contribution in [0.15, 0.2) is 43.1 Å². The van der Waals surface area contributed by atoms with Gasteiger partial charge in [-0.1, -0.05) is 19.6 Å². The molecule has 11 nitrogen and oxygen atoms in total. The van der Waals surface area contributed by atoms with Gasteiger partial charge in [0.2, 0.25) is 5.88 Å². The maximum Gasteiger partial charge on any atom is 0.433 e. The first-order chi connectivity index (χ1) is 23.5. The van der Waals surface area contributed by atoms with Crippen LogP contribution in [-0.4, -0.2) is 79.2 Å². The Morgan fingerprint density at radius 2 is 1.84 bits per heavy atom. The van der Waals surface area contributed by atoms with E-state index in [4.69, 9.17) is 19.6 Å². The van der Waals surface area contributed by atoms with Crippen molar-refractivity contribution < 1.29 is 27.8 Å². The molecule has 6 rings (SSSR count). The highest BCUT2D eigenvalue weighted by Crippen LogP contribution is 2.40. The molecule has 5 heterocycles. The standard InChI is InChI=1S/C35H45F3N8O3Si/c1-33(2,47)25-16-29(35(36,37)38)43-30(17-25)49-27-8-6-26(7-9-27)44-20-34(21-44,11-12-39)46-19-24(18-42-46)31-28-10-13-40-32(28)45(22-41-31)23-48-14-15-50(3,4)5/h10,13,16-19,22,26-27,47H,6-9,11,14-15,20-21,23H2,1-5H3. The molecule has 0 bridgehead atoms.